The van der Waals surface area contributed by atoms with Crippen molar-refractivity contribution in [2.75, 3.05) is 6.61 Å². The first-order chi connectivity index (χ1) is 8.90. The van der Waals surface area contributed by atoms with Crippen molar-refractivity contribution in [1.82, 2.24) is 5.32 Å². The number of hydrogen-bond donors (Lipinski definition) is 2. The number of carboxylic acid groups (broad SMARTS) is 1. The fourth-order valence-corrected chi connectivity index (χ4v) is 1.79. The predicted molar refractivity (Wildman–Crippen MR) is 68.8 cm³/mol. The lowest BCUT2D eigenvalue weighted by molar-refractivity contribution is -0.145. The van der Waals surface area contributed by atoms with Gasteiger partial charge in [-0.05, 0) is 38.3 Å². The molecular weight excluding hydrogens is 249 g/mol. The third-order valence-electron chi connectivity index (χ3n) is 3.24. The second-order valence-corrected chi connectivity index (χ2v) is 5.25. The van der Waals surface area contributed by atoms with Crippen molar-refractivity contribution in [3.63, 3.8) is 0 Å². The van der Waals surface area contributed by atoms with E-state index in [1.165, 1.54) is 12.1 Å². The van der Waals surface area contributed by atoms with E-state index in [1.54, 1.807) is 19.9 Å². The van der Waals surface area contributed by atoms with Crippen molar-refractivity contribution in [1.29, 1.82) is 0 Å². The molecule has 0 spiro atoms. The summed E-state index contributed by atoms with van der Waals surface area (Å²) in [6.07, 6.45) is 1.98. The molecule has 0 heterocycles. The summed E-state index contributed by atoms with van der Waals surface area (Å²) in [6, 6.07) is 4.48. The van der Waals surface area contributed by atoms with Gasteiger partial charge in [-0.1, -0.05) is 6.07 Å². The van der Waals surface area contributed by atoms with E-state index in [1.807, 2.05) is 0 Å². The molecule has 1 aromatic rings. The number of ether oxygens (including phenoxy) is 1. The van der Waals surface area contributed by atoms with Crippen molar-refractivity contribution >= 4 is 5.97 Å². The highest BCUT2D eigenvalue weighted by atomic mass is 19.1. The van der Waals surface area contributed by atoms with Crippen LogP contribution in [0.5, 0.6) is 5.75 Å². The molecule has 1 fully saturated rings. The summed E-state index contributed by atoms with van der Waals surface area (Å²) in [5.74, 6) is -0.980. The van der Waals surface area contributed by atoms with Crippen LogP contribution >= 0.6 is 0 Å². The topological polar surface area (TPSA) is 58.6 Å². The monoisotopic (exact) mass is 267 g/mol. The van der Waals surface area contributed by atoms with Crippen molar-refractivity contribution in [2.45, 2.75) is 38.3 Å². The average Bonchev–Trinajstić information content (AvgIpc) is 3.14. The van der Waals surface area contributed by atoms with Crippen LogP contribution in [0, 0.1) is 12.7 Å². The van der Waals surface area contributed by atoms with Crippen LogP contribution in [0.25, 0.3) is 0 Å². The molecule has 0 aromatic heterocycles. The van der Waals surface area contributed by atoms with Crippen LogP contribution in [-0.4, -0.2) is 29.3 Å². The fourth-order valence-electron chi connectivity index (χ4n) is 1.79. The Balaban J connectivity index is 2.05. The maximum absolute atomic E-state index is 13.1. The highest BCUT2D eigenvalue weighted by Crippen LogP contribution is 2.24. The average molecular weight is 267 g/mol. The number of aliphatic carboxylic acids is 1. The summed E-state index contributed by atoms with van der Waals surface area (Å²) < 4.78 is 18.6. The third-order valence-corrected chi connectivity index (χ3v) is 3.24. The molecule has 2 rings (SSSR count). The van der Waals surface area contributed by atoms with Crippen LogP contribution in [0.2, 0.25) is 0 Å². The second-order valence-electron chi connectivity index (χ2n) is 5.25. The third kappa shape index (κ3) is 3.44. The molecule has 5 heteroatoms. The van der Waals surface area contributed by atoms with Crippen molar-refractivity contribution < 1.29 is 19.0 Å². The van der Waals surface area contributed by atoms with Crippen LogP contribution in [0.1, 0.15) is 25.3 Å². The maximum atomic E-state index is 13.1. The molecule has 0 amide bonds. The smallest absolute Gasteiger partial charge is 0.327 e. The minimum atomic E-state index is -1.15. The number of halogens is 1. The van der Waals surface area contributed by atoms with Crippen molar-refractivity contribution in [2.24, 2.45) is 0 Å². The molecule has 2 N–H and O–H groups in total. The van der Waals surface area contributed by atoms with Crippen LogP contribution in [0.4, 0.5) is 4.39 Å². The van der Waals surface area contributed by atoms with Gasteiger partial charge in [-0.15, -0.1) is 0 Å². The molecule has 4 nitrogen and oxygen atoms in total. The largest absolute Gasteiger partial charge is 0.491 e. The molecule has 104 valence electrons. The Morgan fingerprint density at radius 3 is 2.84 bits per heavy atom. The van der Waals surface area contributed by atoms with Gasteiger partial charge in [0.05, 0.1) is 0 Å². The van der Waals surface area contributed by atoms with E-state index in [9.17, 15) is 14.3 Å². The number of hydrogen-bond acceptors (Lipinski definition) is 3. The molecule has 1 aromatic carbocycles. The zero-order valence-electron chi connectivity index (χ0n) is 11.1. The van der Waals surface area contributed by atoms with E-state index < -0.39 is 17.3 Å². The summed E-state index contributed by atoms with van der Waals surface area (Å²) >= 11 is 0. The van der Waals surface area contributed by atoms with Gasteiger partial charge in [-0.2, -0.15) is 0 Å². The highest BCUT2D eigenvalue weighted by Gasteiger charge is 2.39. The molecular formula is C14H18FNO3. The number of carboxylic acids is 1. The van der Waals surface area contributed by atoms with Crippen LogP contribution < -0.4 is 10.1 Å². The first-order valence-electron chi connectivity index (χ1n) is 6.31. The number of rotatable bonds is 6. The molecule has 1 aliphatic carbocycles. The van der Waals surface area contributed by atoms with Crippen molar-refractivity contribution in [3.8, 4) is 5.75 Å². The fraction of sp³-hybridized carbons (Fsp3) is 0.500. The molecule has 0 aliphatic heterocycles. The van der Waals surface area contributed by atoms with Crippen molar-refractivity contribution in [3.05, 3.63) is 29.6 Å². The normalized spacial score (nSPS) is 17.8. The van der Waals surface area contributed by atoms with Gasteiger partial charge in [0.2, 0.25) is 0 Å². The van der Waals surface area contributed by atoms with Crippen LogP contribution in [-0.2, 0) is 4.79 Å². The number of carbonyl (C=O) groups is 1. The molecule has 0 bridgehead atoms. The molecule has 1 saturated carbocycles. The summed E-state index contributed by atoms with van der Waals surface area (Å²) in [4.78, 5) is 11.3. The van der Waals surface area contributed by atoms with E-state index >= 15 is 0 Å². The standard InChI is InChI=1S/C14H18FNO3/c1-9-3-4-10(15)7-12(9)19-8-14(2,13(17)18)16-11-5-6-11/h3-4,7,11,16H,5-6,8H2,1-2H3,(H,17,18). The summed E-state index contributed by atoms with van der Waals surface area (Å²) in [6.45, 7) is 3.34. The zero-order chi connectivity index (χ0) is 14.0. The van der Waals surface area contributed by atoms with Gasteiger partial charge in [-0.25, -0.2) is 4.39 Å². The SMILES string of the molecule is Cc1ccc(F)cc1OCC(C)(NC1CC1)C(=O)O. The molecule has 1 aliphatic rings. The Bertz CT molecular complexity index is 488. The number of nitrogens with one attached hydrogen (secondary N) is 1. The van der Waals surface area contributed by atoms with Gasteiger partial charge >= 0.3 is 5.97 Å². The van der Waals surface area contributed by atoms with E-state index in [0.29, 0.717) is 5.75 Å². The lowest BCUT2D eigenvalue weighted by atomic mass is 10.0. The Morgan fingerprint density at radius 1 is 1.58 bits per heavy atom. The lowest BCUT2D eigenvalue weighted by Gasteiger charge is -2.26. The van der Waals surface area contributed by atoms with Gasteiger partial charge in [-0.3, -0.25) is 10.1 Å². The minimum Gasteiger partial charge on any atom is -0.491 e. The number of benzene rings is 1. The summed E-state index contributed by atoms with van der Waals surface area (Å²) in [7, 11) is 0. The van der Waals surface area contributed by atoms with Gasteiger partial charge < -0.3 is 9.84 Å². The zero-order valence-corrected chi connectivity index (χ0v) is 11.1. The highest BCUT2D eigenvalue weighted by molar-refractivity contribution is 5.78. The van der Waals surface area contributed by atoms with Gasteiger partial charge in [0.25, 0.3) is 0 Å². The van der Waals surface area contributed by atoms with Gasteiger partial charge in [0.15, 0.2) is 0 Å². The first-order valence-corrected chi connectivity index (χ1v) is 6.31. The van der Waals surface area contributed by atoms with E-state index in [-0.39, 0.29) is 12.6 Å². The minimum absolute atomic E-state index is 0.0386. The Hall–Kier alpha value is -1.62. The molecule has 0 saturated heterocycles. The van der Waals surface area contributed by atoms with E-state index in [2.05, 4.69) is 5.32 Å². The van der Waals surface area contributed by atoms with Crippen LogP contribution in [0.15, 0.2) is 18.2 Å². The maximum Gasteiger partial charge on any atom is 0.327 e. The summed E-state index contributed by atoms with van der Waals surface area (Å²) in [5, 5.41) is 12.3. The van der Waals surface area contributed by atoms with E-state index in [0.717, 1.165) is 18.4 Å². The predicted octanol–water partition coefficient (Wildman–Crippen LogP) is 2.11. The molecule has 19 heavy (non-hydrogen) atoms. The van der Waals surface area contributed by atoms with Gasteiger partial charge in [0.1, 0.15) is 23.7 Å². The molecule has 1 unspecified atom stereocenters. The van der Waals surface area contributed by atoms with E-state index in [4.69, 9.17) is 4.74 Å². The molecule has 1 atom stereocenters. The van der Waals surface area contributed by atoms with Crippen LogP contribution in [0.3, 0.4) is 0 Å². The Morgan fingerprint density at radius 2 is 2.26 bits per heavy atom. The van der Waals surface area contributed by atoms with Gasteiger partial charge in [0, 0.05) is 12.1 Å². The Labute approximate surface area is 111 Å². The summed E-state index contributed by atoms with van der Waals surface area (Å²) in [5.41, 5.74) is -0.375. The quantitative estimate of drug-likeness (QED) is 0.828. The first kappa shape index (κ1) is 13.8. The second kappa shape index (κ2) is 5.17. The Kier molecular flexibility index (Phi) is 3.75. The lowest BCUT2D eigenvalue weighted by Crippen LogP contribution is -2.54. The number of aryl methyl sites for hydroxylation is 1. The molecule has 0 radical (unpaired) electrons.